The first-order valence-electron chi connectivity index (χ1n) is 8.83. The molecule has 0 heterocycles. The number of methoxy groups -OCH3 is 3. The van der Waals surface area contributed by atoms with Crippen LogP contribution in [-0.4, -0.2) is 38.9 Å². The van der Waals surface area contributed by atoms with Crippen LogP contribution in [-0.2, 0) is 0 Å². The first kappa shape index (κ1) is 19.5. The fraction of sp³-hybridized carbons (Fsp3) is 0.227. The zero-order chi connectivity index (χ0) is 20.1. The van der Waals surface area contributed by atoms with Crippen LogP contribution in [0.15, 0.2) is 54.6 Å². The summed E-state index contributed by atoms with van der Waals surface area (Å²) in [4.78, 5) is 12.6. The predicted octanol–water partition coefficient (Wildman–Crippen LogP) is 3.33. The molecule has 6 nitrogen and oxygen atoms in total. The van der Waals surface area contributed by atoms with Crippen LogP contribution in [0.1, 0.15) is 22.0 Å². The molecule has 1 amide bonds. The second-order valence-corrected chi connectivity index (χ2v) is 6.21. The molecule has 0 aliphatic heterocycles. The Kier molecular flexibility index (Phi) is 6.01. The van der Waals surface area contributed by atoms with Gasteiger partial charge in [0.05, 0.1) is 27.4 Å². The molecule has 6 heteroatoms. The maximum Gasteiger partial charge on any atom is 0.251 e. The molecule has 0 saturated heterocycles. The SMILES string of the molecule is COc1cc(C(=O)NCC(O)c2cccc3ccccc23)cc(OC)c1OC. The topological polar surface area (TPSA) is 77.0 Å². The van der Waals surface area contributed by atoms with Crippen LogP contribution in [0.2, 0.25) is 0 Å². The number of fused-ring (bicyclic) bond motifs is 1. The lowest BCUT2D eigenvalue weighted by atomic mass is 10.0. The second kappa shape index (κ2) is 8.63. The van der Waals surface area contributed by atoms with Gasteiger partial charge in [-0.25, -0.2) is 0 Å². The zero-order valence-electron chi connectivity index (χ0n) is 16.1. The number of hydrogen-bond donors (Lipinski definition) is 2. The molecule has 0 spiro atoms. The summed E-state index contributed by atoms with van der Waals surface area (Å²) >= 11 is 0. The minimum atomic E-state index is -0.836. The molecular formula is C22H23NO5. The van der Waals surface area contributed by atoms with Gasteiger partial charge in [0.25, 0.3) is 5.91 Å². The van der Waals surface area contributed by atoms with Crippen molar-refractivity contribution >= 4 is 16.7 Å². The van der Waals surface area contributed by atoms with E-state index in [0.717, 1.165) is 16.3 Å². The van der Waals surface area contributed by atoms with Gasteiger partial charge in [0.15, 0.2) is 11.5 Å². The van der Waals surface area contributed by atoms with E-state index in [2.05, 4.69) is 5.32 Å². The largest absolute Gasteiger partial charge is 0.493 e. The summed E-state index contributed by atoms with van der Waals surface area (Å²) < 4.78 is 15.8. The minimum Gasteiger partial charge on any atom is -0.493 e. The summed E-state index contributed by atoms with van der Waals surface area (Å²) in [6.45, 7) is 0.0729. The van der Waals surface area contributed by atoms with E-state index >= 15 is 0 Å². The lowest BCUT2D eigenvalue weighted by molar-refractivity contribution is 0.0916. The van der Waals surface area contributed by atoms with Crippen molar-refractivity contribution in [2.45, 2.75) is 6.10 Å². The van der Waals surface area contributed by atoms with Crippen LogP contribution in [0.25, 0.3) is 10.8 Å². The van der Waals surface area contributed by atoms with Crippen molar-refractivity contribution in [2.24, 2.45) is 0 Å². The summed E-state index contributed by atoms with van der Waals surface area (Å²) in [5, 5.41) is 15.4. The van der Waals surface area contributed by atoms with Crippen molar-refractivity contribution in [3.63, 3.8) is 0 Å². The Labute approximate surface area is 163 Å². The van der Waals surface area contributed by atoms with Crippen LogP contribution < -0.4 is 19.5 Å². The van der Waals surface area contributed by atoms with E-state index in [-0.39, 0.29) is 12.5 Å². The van der Waals surface area contributed by atoms with Crippen molar-refractivity contribution in [1.82, 2.24) is 5.32 Å². The third kappa shape index (κ3) is 3.87. The van der Waals surface area contributed by atoms with Gasteiger partial charge in [0.1, 0.15) is 0 Å². The highest BCUT2D eigenvalue weighted by atomic mass is 16.5. The summed E-state index contributed by atoms with van der Waals surface area (Å²) in [6, 6.07) is 16.7. The monoisotopic (exact) mass is 381 g/mol. The van der Waals surface area contributed by atoms with Gasteiger partial charge in [0.2, 0.25) is 5.75 Å². The Morgan fingerprint density at radius 1 is 0.964 bits per heavy atom. The lowest BCUT2D eigenvalue weighted by Gasteiger charge is -2.16. The standard InChI is InChI=1S/C22H23NO5/c1-26-19-11-15(12-20(27-2)21(19)28-3)22(25)23-13-18(24)17-10-6-8-14-7-4-5-9-16(14)17/h4-12,18,24H,13H2,1-3H3,(H,23,25). The fourth-order valence-corrected chi connectivity index (χ4v) is 3.15. The average Bonchev–Trinajstić information content (AvgIpc) is 2.75. The van der Waals surface area contributed by atoms with E-state index in [9.17, 15) is 9.90 Å². The highest BCUT2D eigenvalue weighted by Crippen LogP contribution is 2.38. The van der Waals surface area contributed by atoms with Crippen LogP contribution >= 0.6 is 0 Å². The first-order valence-corrected chi connectivity index (χ1v) is 8.83. The highest BCUT2D eigenvalue weighted by Gasteiger charge is 2.18. The Hall–Kier alpha value is -3.25. The number of amides is 1. The molecule has 0 aliphatic rings. The Balaban J connectivity index is 1.78. The van der Waals surface area contributed by atoms with Crippen LogP contribution in [0.3, 0.4) is 0 Å². The van der Waals surface area contributed by atoms with Gasteiger partial charge in [-0.3, -0.25) is 4.79 Å². The summed E-state index contributed by atoms with van der Waals surface area (Å²) in [5.41, 5.74) is 1.11. The Bertz CT molecular complexity index is 955. The number of aliphatic hydroxyl groups excluding tert-OH is 1. The highest BCUT2D eigenvalue weighted by molar-refractivity contribution is 5.95. The Morgan fingerprint density at radius 2 is 1.61 bits per heavy atom. The zero-order valence-corrected chi connectivity index (χ0v) is 16.1. The molecule has 0 radical (unpaired) electrons. The average molecular weight is 381 g/mol. The van der Waals surface area contributed by atoms with Crippen LogP contribution in [0, 0.1) is 0 Å². The van der Waals surface area contributed by atoms with Gasteiger partial charge in [-0.2, -0.15) is 0 Å². The number of ether oxygens (including phenoxy) is 3. The van der Waals surface area contributed by atoms with E-state index in [1.807, 2.05) is 42.5 Å². The maximum atomic E-state index is 12.6. The number of carbonyl (C=O) groups excluding carboxylic acids is 1. The first-order chi connectivity index (χ1) is 13.6. The number of rotatable bonds is 7. The normalized spacial score (nSPS) is 11.7. The van der Waals surface area contributed by atoms with Crippen molar-refractivity contribution < 1.29 is 24.1 Å². The molecule has 3 rings (SSSR count). The quantitative estimate of drug-likeness (QED) is 0.656. The number of hydrogen-bond acceptors (Lipinski definition) is 5. The smallest absolute Gasteiger partial charge is 0.251 e. The van der Waals surface area contributed by atoms with Gasteiger partial charge in [-0.1, -0.05) is 42.5 Å². The van der Waals surface area contributed by atoms with E-state index in [1.165, 1.54) is 21.3 Å². The molecule has 2 N–H and O–H groups in total. The van der Waals surface area contributed by atoms with Crippen molar-refractivity contribution in [2.75, 3.05) is 27.9 Å². The summed E-state index contributed by atoms with van der Waals surface area (Å²) in [6.07, 6.45) is -0.836. The molecular weight excluding hydrogens is 358 g/mol. The van der Waals surface area contributed by atoms with Gasteiger partial charge in [-0.15, -0.1) is 0 Å². The number of aliphatic hydroxyl groups is 1. The number of benzene rings is 3. The molecule has 1 unspecified atom stereocenters. The van der Waals surface area contributed by atoms with Gasteiger partial charge < -0.3 is 24.6 Å². The van der Waals surface area contributed by atoms with Crippen LogP contribution in [0.5, 0.6) is 17.2 Å². The minimum absolute atomic E-state index is 0.0729. The molecule has 0 bridgehead atoms. The van der Waals surface area contributed by atoms with Crippen molar-refractivity contribution in [3.05, 3.63) is 65.7 Å². The third-order valence-electron chi connectivity index (χ3n) is 4.57. The summed E-state index contributed by atoms with van der Waals surface area (Å²) in [7, 11) is 4.48. The number of carbonyl (C=O) groups is 1. The molecule has 0 saturated carbocycles. The van der Waals surface area contributed by atoms with Gasteiger partial charge >= 0.3 is 0 Å². The van der Waals surface area contributed by atoms with E-state index in [4.69, 9.17) is 14.2 Å². The van der Waals surface area contributed by atoms with E-state index in [1.54, 1.807) is 12.1 Å². The van der Waals surface area contributed by atoms with Crippen molar-refractivity contribution in [3.8, 4) is 17.2 Å². The maximum absolute atomic E-state index is 12.6. The van der Waals surface area contributed by atoms with E-state index < -0.39 is 6.10 Å². The molecule has 0 aliphatic carbocycles. The Morgan fingerprint density at radius 3 is 2.25 bits per heavy atom. The molecule has 1 atom stereocenters. The number of nitrogens with one attached hydrogen (secondary N) is 1. The van der Waals surface area contributed by atoms with Gasteiger partial charge in [-0.05, 0) is 28.5 Å². The predicted molar refractivity (Wildman–Crippen MR) is 107 cm³/mol. The molecule has 28 heavy (non-hydrogen) atoms. The molecule has 3 aromatic rings. The second-order valence-electron chi connectivity index (χ2n) is 6.21. The van der Waals surface area contributed by atoms with Gasteiger partial charge in [0, 0.05) is 12.1 Å². The lowest BCUT2D eigenvalue weighted by Crippen LogP contribution is -2.28. The van der Waals surface area contributed by atoms with E-state index in [0.29, 0.717) is 22.8 Å². The molecule has 0 aromatic heterocycles. The summed E-state index contributed by atoms with van der Waals surface area (Å²) in [5.74, 6) is 0.846. The molecule has 146 valence electrons. The fourth-order valence-electron chi connectivity index (χ4n) is 3.15. The molecule has 3 aromatic carbocycles. The third-order valence-corrected chi connectivity index (χ3v) is 4.57. The van der Waals surface area contributed by atoms with Crippen molar-refractivity contribution in [1.29, 1.82) is 0 Å². The molecule has 0 fully saturated rings. The van der Waals surface area contributed by atoms with Crippen LogP contribution in [0.4, 0.5) is 0 Å².